The maximum absolute atomic E-state index is 14.0. The van der Waals surface area contributed by atoms with Crippen LogP contribution in [0.5, 0.6) is 0 Å². The van der Waals surface area contributed by atoms with Gasteiger partial charge in [0.05, 0.1) is 0 Å². The largest absolute Gasteiger partial charge is 0.460 e. The van der Waals surface area contributed by atoms with E-state index < -0.39 is 11.7 Å². The highest BCUT2D eigenvalue weighted by atomic mass is 19.3. The van der Waals surface area contributed by atoms with Gasteiger partial charge in [0.2, 0.25) is 17.6 Å². The molecule has 2 N–H and O–H groups in total. The highest BCUT2D eigenvalue weighted by molar-refractivity contribution is 5.87. The lowest BCUT2D eigenvalue weighted by Gasteiger charge is -2.34. The van der Waals surface area contributed by atoms with Crippen LogP contribution in [-0.2, 0) is 6.54 Å². The summed E-state index contributed by atoms with van der Waals surface area (Å²) >= 11 is 0. The van der Waals surface area contributed by atoms with E-state index in [0.717, 1.165) is 30.8 Å². The molecular formula is C26H36F2N8O2. The third kappa shape index (κ3) is 5.01. The second-order valence-electron chi connectivity index (χ2n) is 11.6. The lowest BCUT2D eigenvalue weighted by Crippen LogP contribution is -2.40. The Balaban J connectivity index is 1.45. The Labute approximate surface area is 219 Å². The zero-order chi connectivity index (χ0) is 26.4. The van der Waals surface area contributed by atoms with E-state index in [0.29, 0.717) is 29.2 Å². The van der Waals surface area contributed by atoms with Crippen LogP contribution < -0.4 is 16.0 Å². The smallest absolute Gasteiger partial charge is 0.365 e. The zero-order valence-electron chi connectivity index (χ0n) is 22.1. The van der Waals surface area contributed by atoms with Gasteiger partial charge >= 0.3 is 5.76 Å². The maximum Gasteiger partial charge on any atom is 0.460 e. The number of H-pyrrole nitrogens is 1. The first kappa shape index (κ1) is 25.2. The van der Waals surface area contributed by atoms with Crippen molar-refractivity contribution in [2.75, 3.05) is 23.3 Å². The van der Waals surface area contributed by atoms with Crippen molar-refractivity contribution < 1.29 is 13.3 Å². The molecule has 0 unspecified atom stereocenters. The number of aromatic amines is 1. The average Bonchev–Trinajstić information content (AvgIpc) is 3.43. The number of hydrogen-bond acceptors (Lipinski definition) is 8. The van der Waals surface area contributed by atoms with E-state index in [1.165, 1.54) is 32.1 Å². The molecule has 10 nitrogen and oxygen atoms in total. The molecule has 3 aromatic rings. The molecule has 0 aromatic carbocycles. The molecule has 1 aliphatic heterocycles. The van der Waals surface area contributed by atoms with E-state index in [1.54, 1.807) is 0 Å². The van der Waals surface area contributed by atoms with Gasteiger partial charge in [0.1, 0.15) is 5.52 Å². The van der Waals surface area contributed by atoms with Crippen LogP contribution in [0.2, 0.25) is 0 Å². The summed E-state index contributed by atoms with van der Waals surface area (Å²) < 4.78 is 35.0. The van der Waals surface area contributed by atoms with Crippen LogP contribution in [0, 0.1) is 17.8 Å². The average molecular weight is 531 g/mol. The predicted molar refractivity (Wildman–Crippen MR) is 139 cm³/mol. The Bertz CT molecular complexity index is 1330. The van der Waals surface area contributed by atoms with Gasteiger partial charge in [-0.25, -0.2) is 23.5 Å². The molecule has 3 fully saturated rings. The minimum atomic E-state index is -2.65. The van der Waals surface area contributed by atoms with E-state index in [-0.39, 0.29) is 43.6 Å². The molecule has 1 atom stereocenters. The highest BCUT2D eigenvalue weighted by Gasteiger charge is 2.36. The highest BCUT2D eigenvalue weighted by Crippen LogP contribution is 2.38. The van der Waals surface area contributed by atoms with Crippen LogP contribution >= 0.6 is 0 Å². The van der Waals surface area contributed by atoms with E-state index in [1.807, 2.05) is 4.90 Å². The summed E-state index contributed by atoms with van der Waals surface area (Å²) in [6.45, 7) is 5.66. The van der Waals surface area contributed by atoms with Crippen molar-refractivity contribution in [3.63, 3.8) is 0 Å². The molecule has 0 amide bonds. The van der Waals surface area contributed by atoms with Gasteiger partial charge < -0.3 is 19.3 Å². The molecule has 1 saturated heterocycles. The van der Waals surface area contributed by atoms with Crippen molar-refractivity contribution in [2.45, 2.75) is 90.1 Å². The van der Waals surface area contributed by atoms with Crippen LogP contribution in [0.25, 0.3) is 22.8 Å². The molecule has 6 rings (SSSR count). The first-order valence-corrected chi connectivity index (χ1v) is 14.0. The Kier molecular flexibility index (Phi) is 6.59. The van der Waals surface area contributed by atoms with Crippen LogP contribution in [0.3, 0.4) is 0 Å². The fraction of sp³-hybridized carbons (Fsp3) is 0.731. The molecular weight excluding hydrogens is 494 g/mol. The number of alkyl halides is 2. The lowest BCUT2D eigenvalue weighted by molar-refractivity contribution is -0.0223. The Morgan fingerprint density at radius 2 is 1.82 bits per heavy atom. The zero-order valence-corrected chi connectivity index (χ0v) is 22.1. The summed E-state index contributed by atoms with van der Waals surface area (Å²) in [6, 6.07) is 0.182. The fourth-order valence-corrected chi connectivity index (χ4v) is 6.05. The van der Waals surface area contributed by atoms with Crippen molar-refractivity contribution in [1.82, 2.24) is 29.7 Å². The summed E-state index contributed by atoms with van der Waals surface area (Å²) in [5.74, 6) is -0.0345. The third-order valence-electron chi connectivity index (χ3n) is 8.81. The van der Waals surface area contributed by atoms with Crippen molar-refractivity contribution in [3.8, 4) is 11.6 Å². The van der Waals surface area contributed by atoms with Gasteiger partial charge in [-0.3, -0.25) is 0 Å². The van der Waals surface area contributed by atoms with Crippen LogP contribution in [0.15, 0.2) is 9.32 Å². The van der Waals surface area contributed by atoms with Crippen molar-refractivity contribution in [1.29, 1.82) is 0 Å². The summed E-state index contributed by atoms with van der Waals surface area (Å²) in [7, 11) is 0. The molecule has 38 heavy (non-hydrogen) atoms. The number of rotatable bonds is 7. The van der Waals surface area contributed by atoms with E-state index >= 15 is 0 Å². The number of piperidine rings is 1. The number of nitrogens with zero attached hydrogens (tertiary/aromatic N) is 6. The van der Waals surface area contributed by atoms with Crippen LogP contribution in [-0.4, -0.2) is 54.7 Å². The molecule has 12 heteroatoms. The molecule has 0 radical (unpaired) electrons. The topological polar surface area (TPSA) is 118 Å². The van der Waals surface area contributed by atoms with Crippen molar-refractivity contribution in [3.05, 3.63) is 10.6 Å². The number of nitrogens with one attached hydrogen (secondary N) is 2. The molecule has 206 valence electrons. The van der Waals surface area contributed by atoms with Gasteiger partial charge in [-0.05, 0) is 50.4 Å². The first-order chi connectivity index (χ1) is 18.3. The molecule has 2 saturated carbocycles. The normalized spacial score (nSPS) is 24.9. The number of hydrogen-bond donors (Lipinski definition) is 2. The van der Waals surface area contributed by atoms with Crippen LogP contribution in [0.1, 0.15) is 71.6 Å². The Morgan fingerprint density at radius 3 is 2.45 bits per heavy atom. The van der Waals surface area contributed by atoms with Crippen molar-refractivity contribution >= 4 is 22.9 Å². The molecule has 2 aliphatic carbocycles. The van der Waals surface area contributed by atoms with E-state index in [9.17, 15) is 13.6 Å². The van der Waals surface area contributed by atoms with Crippen molar-refractivity contribution in [2.24, 2.45) is 17.8 Å². The Hall–Kier alpha value is -3.05. The summed E-state index contributed by atoms with van der Waals surface area (Å²) in [6.07, 6.45) is 7.78. The second-order valence-corrected chi connectivity index (χ2v) is 11.6. The van der Waals surface area contributed by atoms with Gasteiger partial charge in [-0.1, -0.05) is 26.2 Å². The summed E-state index contributed by atoms with van der Waals surface area (Å²) in [5.41, 5.74) is 1.23. The number of imidazole rings is 1. The molecule has 0 spiro atoms. The second kappa shape index (κ2) is 9.92. The summed E-state index contributed by atoms with van der Waals surface area (Å²) in [5, 5.41) is 6.11. The standard InChI is InChI=1S/C26H36F2N8O2/c1-15-6-8-17(9-7-15)14-36-19-20(29-16(2)18-4-3-5-18)30-22(23-33-25(37)38-34-23)31-21(19)32-24(36)35-12-10-26(27,28)11-13-35/h15-18H,3-14H2,1-2H3,(H,29,30,31)(H,33,34,37)/t15?,16-,17?/m1/s1. The minimum Gasteiger partial charge on any atom is -0.365 e. The SMILES string of the molecule is CC1CCC(Cn2c(N3CCC(F)(F)CC3)nc3nc(-c4nc(=O)o[nH]4)nc(N[C@H](C)C4CCC4)c32)CC1. The number of anilines is 2. The number of fused-ring (bicyclic) bond motifs is 1. The van der Waals surface area contributed by atoms with E-state index in [4.69, 9.17) is 14.5 Å². The number of halogens is 2. The lowest BCUT2D eigenvalue weighted by atomic mass is 9.80. The maximum atomic E-state index is 14.0. The third-order valence-corrected chi connectivity index (χ3v) is 8.81. The van der Waals surface area contributed by atoms with Gasteiger partial charge in [0.15, 0.2) is 11.5 Å². The first-order valence-electron chi connectivity index (χ1n) is 14.0. The van der Waals surface area contributed by atoms with E-state index in [2.05, 4.69) is 38.9 Å². The number of aromatic nitrogens is 6. The summed E-state index contributed by atoms with van der Waals surface area (Å²) in [4.78, 5) is 31.8. The van der Waals surface area contributed by atoms with Crippen LogP contribution in [0.4, 0.5) is 20.5 Å². The van der Waals surface area contributed by atoms with Gasteiger partial charge in [0.25, 0.3) is 5.92 Å². The molecule has 3 aliphatic rings. The van der Waals surface area contributed by atoms with Gasteiger partial charge in [0, 0.05) is 38.5 Å². The molecule has 4 heterocycles. The quantitative estimate of drug-likeness (QED) is 0.446. The predicted octanol–water partition coefficient (Wildman–Crippen LogP) is 4.83. The van der Waals surface area contributed by atoms with Gasteiger partial charge in [-0.2, -0.15) is 10.1 Å². The molecule has 3 aromatic heterocycles. The monoisotopic (exact) mass is 530 g/mol. The fourth-order valence-electron chi connectivity index (χ4n) is 6.05. The molecule has 0 bridgehead atoms. The Morgan fingerprint density at radius 1 is 1.08 bits per heavy atom. The minimum absolute atomic E-state index is 0.131. The van der Waals surface area contributed by atoms with Gasteiger partial charge in [-0.15, -0.1) is 4.98 Å².